The minimum Gasteiger partial charge on any atom is -0.484 e. The van der Waals surface area contributed by atoms with Crippen LogP contribution in [0.5, 0.6) is 5.75 Å². The van der Waals surface area contributed by atoms with Gasteiger partial charge in [-0.25, -0.2) is 4.39 Å². The van der Waals surface area contributed by atoms with Gasteiger partial charge < -0.3 is 14.8 Å². The lowest BCUT2D eigenvalue weighted by Gasteiger charge is -2.48. The first-order chi connectivity index (χ1) is 10.2. The molecule has 3 rings (SSSR count). The summed E-state index contributed by atoms with van der Waals surface area (Å²) in [5, 5.41) is 3.52. The smallest absolute Gasteiger partial charge is 0.137 e. The number of hydrogen-bond donors (Lipinski definition) is 1. The van der Waals surface area contributed by atoms with Gasteiger partial charge in [-0.3, -0.25) is 0 Å². The van der Waals surface area contributed by atoms with Crippen molar-refractivity contribution in [2.75, 3.05) is 13.7 Å². The highest BCUT2D eigenvalue weighted by Gasteiger charge is 2.48. The third-order valence-electron chi connectivity index (χ3n) is 4.85. The number of halogens is 1. The summed E-state index contributed by atoms with van der Waals surface area (Å²) < 4.78 is 25.6. The van der Waals surface area contributed by atoms with Gasteiger partial charge in [0.1, 0.15) is 17.2 Å². The van der Waals surface area contributed by atoms with Crippen molar-refractivity contribution in [1.29, 1.82) is 0 Å². The van der Waals surface area contributed by atoms with E-state index in [0.717, 1.165) is 37.8 Å². The van der Waals surface area contributed by atoms with Gasteiger partial charge in [-0.15, -0.1) is 0 Å². The molecule has 3 unspecified atom stereocenters. The number of fused-ring (bicyclic) bond motifs is 1. The molecule has 1 aliphatic carbocycles. The van der Waals surface area contributed by atoms with Crippen LogP contribution >= 0.6 is 0 Å². The molecule has 1 aromatic rings. The largest absolute Gasteiger partial charge is 0.484 e. The van der Waals surface area contributed by atoms with E-state index in [1.165, 1.54) is 18.6 Å². The average molecular weight is 293 g/mol. The Morgan fingerprint density at radius 2 is 2.29 bits per heavy atom. The molecule has 0 amide bonds. The number of hydrogen-bond acceptors (Lipinski definition) is 3. The first-order valence-electron chi connectivity index (χ1n) is 7.93. The van der Waals surface area contributed by atoms with E-state index < -0.39 is 0 Å². The highest BCUT2D eigenvalue weighted by atomic mass is 19.1. The molecular formula is C17H24FNO2. The molecule has 1 heterocycles. The van der Waals surface area contributed by atoms with Crippen LogP contribution in [-0.4, -0.2) is 25.4 Å². The maximum atomic E-state index is 13.6. The van der Waals surface area contributed by atoms with E-state index in [4.69, 9.17) is 9.47 Å². The maximum absolute atomic E-state index is 13.6. The number of nitrogens with one attached hydrogen (secondary N) is 1. The minimum absolute atomic E-state index is 0.0869. The van der Waals surface area contributed by atoms with Crippen molar-refractivity contribution in [3.8, 4) is 5.75 Å². The molecule has 3 atom stereocenters. The zero-order valence-corrected chi connectivity index (χ0v) is 12.8. The van der Waals surface area contributed by atoms with Crippen LogP contribution in [0.1, 0.15) is 50.6 Å². The topological polar surface area (TPSA) is 30.5 Å². The Labute approximate surface area is 125 Å². The van der Waals surface area contributed by atoms with Crippen LogP contribution in [0, 0.1) is 5.82 Å². The Morgan fingerprint density at radius 3 is 3.05 bits per heavy atom. The molecule has 1 aromatic carbocycles. The Hall–Kier alpha value is -1.13. The van der Waals surface area contributed by atoms with Crippen molar-refractivity contribution in [3.05, 3.63) is 29.6 Å². The van der Waals surface area contributed by atoms with E-state index >= 15 is 0 Å². The molecule has 1 fully saturated rings. The van der Waals surface area contributed by atoms with Crippen molar-refractivity contribution < 1.29 is 13.9 Å². The van der Waals surface area contributed by atoms with Crippen molar-refractivity contribution in [3.63, 3.8) is 0 Å². The monoisotopic (exact) mass is 293 g/mol. The van der Waals surface area contributed by atoms with Crippen LogP contribution in [0.4, 0.5) is 4.39 Å². The van der Waals surface area contributed by atoms with Gasteiger partial charge in [0.15, 0.2) is 0 Å². The predicted molar refractivity (Wildman–Crippen MR) is 80.1 cm³/mol. The van der Waals surface area contributed by atoms with Gasteiger partial charge >= 0.3 is 0 Å². The second-order valence-electron chi connectivity index (χ2n) is 6.13. The van der Waals surface area contributed by atoms with Crippen LogP contribution < -0.4 is 10.1 Å². The molecule has 1 saturated carbocycles. The maximum Gasteiger partial charge on any atom is 0.137 e. The van der Waals surface area contributed by atoms with Gasteiger partial charge in [0.05, 0.1) is 6.10 Å². The summed E-state index contributed by atoms with van der Waals surface area (Å²) in [6.45, 7) is 2.98. The molecule has 0 radical (unpaired) electrons. The van der Waals surface area contributed by atoms with E-state index in [1.807, 2.05) is 6.07 Å². The van der Waals surface area contributed by atoms with E-state index in [0.29, 0.717) is 5.75 Å². The normalized spacial score (nSPS) is 31.8. The molecule has 2 aliphatic rings. The molecule has 4 heteroatoms. The van der Waals surface area contributed by atoms with E-state index in [1.54, 1.807) is 7.11 Å². The van der Waals surface area contributed by atoms with E-state index in [2.05, 4.69) is 12.2 Å². The number of benzene rings is 1. The van der Waals surface area contributed by atoms with E-state index in [9.17, 15) is 4.39 Å². The Bertz CT molecular complexity index is 508. The Balaban J connectivity index is 1.98. The Morgan fingerprint density at radius 1 is 1.43 bits per heavy atom. The molecule has 0 saturated heterocycles. The summed E-state index contributed by atoms with van der Waals surface area (Å²) in [4.78, 5) is 0. The van der Waals surface area contributed by atoms with Crippen molar-refractivity contribution in [1.82, 2.24) is 5.32 Å². The van der Waals surface area contributed by atoms with Crippen molar-refractivity contribution >= 4 is 0 Å². The van der Waals surface area contributed by atoms with Crippen LogP contribution in [0.25, 0.3) is 0 Å². The molecule has 3 nitrogen and oxygen atoms in total. The predicted octanol–water partition coefficient (Wildman–Crippen LogP) is 3.59. The summed E-state index contributed by atoms with van der Waals surface area (Å²) in [7, 11) is 1.75. The number of rotatable bonds is 3. The molecule has 1 N–H and O–H groups in total. The lowest BCUT2D eigenvalue weighted by Crippen LogP contribution is -2.54. The van der Waals surface area contributed by atoms with Crippen LogP contribution in [0.2, 0.25) is 0 Å². The fourth-order valence-electron chi connectivity index (χ4n) is 3.89. The molecule has 1 aliphatic heterocycles. The lowest BCUT2D eigenvalue weighted by molar-refractivity contribution is -0.116. The first-order valence-corrected chi connectivity index (χ1v) is 7.93. The summed E-state index contributed by atoms with van der Waals surface area (Å²) in [5.74, 6) is 0.432. The second kappa shape index (κ2) is 5.93. The first kappa shape index (κ1) is 14.8. The van der Waals surface area contributed by atoms with Gasteiger partial charge in [-0.2, -0.15) is 0 Å². The zero-order valence-electron chi connectivity index (χ0n) is 12.8. The van der Waals surface area contributed by atoms with Gasteiger partial charge in [0.25, 0.3) is 0 Å². The van der Waals surface area contributed by atoms with Crippen LogP contribution in [0.3, 0.4) is 0 Å². The van der Waals surface area contributed by atoms with Gasteiger partial charge in [-0.05, 0) is 31.9 Å². The number of methoxy groups -OCH3 is 1. The zero-order chi connectivity index (χ0) is 14.9. The van der Waals surface area contributed by atoms with Gasteiger partial charge in [0, 0.05) is 31.2 Å². The molecule has 21 heavy (non-hydrogen) atoms. The minimum atomic E-state index is -0.319. The van der Waals surface area contributed by atoms with Crippen LogP contribution in [0.15, 0.2) is 18.2 Å². The summed E-state index contributed by atoms with van der Waals surface area (Å²) >= 11 is 0. The molecule has 0 bridgehead atoms. The fourth-order valence-corrected chi connectivity index (χ4v) is 3.89. The van der Waals surface area contributed by atoms with Crippen molar-refractivity contribution in [2.45, 2.75) is 56.8 Å². The summed E-state index contributed by atoms with van der Waals surface area (Å²) in [6, 6.07) is 5.08. The second-order valence-corrected chi connectivity index (χ2v) is 6.13. The van der Waals surface area contributed by atoms with Gasteiger partial charge in [-0.1, -0.05) is 19.4 Å². The molecule has 0 aromatic heterocycles. The third-order valence-corrected chi connectivity index (χ3v) is 4.85. The molecule has 116 valence electrons. The summed E-state index contributed by atoms with van der Waals surface area (Å²) in [6.07, 6.45) is 5.28. The highest BCUT2D eigenvalue weighted by molar-refractivity contribution is 5.40. The van der Waals surface area contributed by atoms with Crippen molar-refractivity contribution in [2.24, 2.45) is 0 Å². The van der Waals surface area contributed by atoms with Gasteiger partial charge in [0.2, 0.25) is 0 Å². The molecular weight excluding hydrogens is 269 g/mol. The Kier molecular flexibility index (Phi) is 4.18. The lowest BCUT2D eigenvalue weighted by atomic mass is 9.75. The fraction of sp³-hybridized carbons (Fsp3) is 0.647. The number of ether oxygens (including phenoxy) is 2. The standard InChI is InChI=1S/C17H24FNO2/c1-3-19-14-11-17(9-5-4-6-16(17)20-2)21-15-10-12(18)7-8-13(14)15/h7-8,10,14,16,19H,3-6,9,11H2,1-2H3. The quantitative estimate of drug-likeness (QED) is 0.924. The third kappa shape index (κ3) is 2.67. The summed E-state index contributed by atoms with van der Waals surface area (Å²) in [5.41, 5.74) is 0.741. The highest BCUT2D eigenvalue weighted by Crippen LogP contribution is 2.47. The SMILES string of the molecule is CCNC1CC2(CCCCC2OC)Oc2cc(F)ccc21. The van der Waals surface area contributed by atoms with Crippen LogP contribution in [-0.2, 0) is 4.74 Å². The molecule has 1 spiro atoms. The van der Waals surface area contributed by atoms with E-state index in [-0.39, 0.29) is 23.6 Å². The average Bonchev–Trinajstić information content (AvgIpc) is 2.47.